The van der Waals surface area contributed by atoms with Gasteiger partial charge in [0.15, 0.2) is 5.96 Å². The maximum absolute atomic E-state index is 5.89. The molecule has 0 spiro atoms. The number of nitrogens with zero attached hydrogens (tertiary/aromatic N) is 2. The third-order valence-electron chi connectivity index (χ3n) is 5.04. The minimum absolute atomic E-state index is 0.399. The van der Waals surface area contributed by atoms with E-state index >= 15 is 0 Å². The summed E-state index contributed by atoms with van der Waals surface area (Å²) in [5.74, 6) is 1.59. The first-order valence-electron chi connectivity index (χ1n) is 8.59. The Morgan fingerprint density at radius 2 is 2.14 bits per heavy atom. The first-order valence-corrected chi connectivity index (χ1v) is 8.59. The molecular weight excluding hydrogens is 264 g/mol. The van der Waals surface area contributed by atoms with E-state index in [-0.39, 0.29) is 0 Å². The lowest BCUT2D eigenvalue weighted by Crippen LogP contribution is -2.48. The van der Waals surface area contributed by atoms with Crippen LogP contribution in [0.2, 0.25) is 0 Å². The Hall–Kier alpha value is -0.810. The van der Waals surface area contributed by atoms with E-state index < -0.39 is 0 Å². The van der Waals surface area contributed by atoms with Crippen molar-refractivity contribution < 1.29 is 4.74 Å². The van der Waals surface area contributed by atoms with E-state index in [2.05, 4.69) is 27.4 Å². The summed E-state index contributed by atoms with van der Waals surface area (Å²) in [6, 6.07) is 0.448. The second kappa shape index (κ2) is 6.97. The molecule has 0 aromatic carbocycles. The predicted octanol–water partition coefficient (Wildman–Crippen LogP) is 1.20. The molecule has 3 heterocycles. The van der Waals surface area contributed by atoms with Gasteiger partial charge in [0.05, 0.1) is 18.2 Å². The van der Waals surface area contributed by atoms with Gasteiger partial charge in [-0.05, 0) is 51.1 Å². The number of rotatable bonds is 5. The number of guanidine groups is 1. The van der Waals surface area contributed by atoms with Crippen molar-refractivity contribution in [3.05, 3.63) is 0 Å². The molecule has 4 atom stereocenters. The van der Waals surface area contributed by atoms with Crippen molar-refractivity contribution in [3.63, 3.8) is 0 Å². The van der Waals surface area contributed by atoms with Gasteiger partial charge in [0.1, 0.15) is 0 Å². The minimum Gasteiger partial charge on any atom is -0.373 e. The minimum atomic E-state index is 0.399. The molecule has 5 heteroatoms. The molecule has 0 radical (unpaired) electrons. The average Bonchev–Trinajstić information content (AvgIpc) is 3.20. The Balaban J connectivity index is 1.38. The van der Waals surface area contributed by atoms with Gasteiger partial charge in [0.2, 0.25) is 0 Å². The maximum Gasteiger partial charge on any atom is 0.191 e. The van der Waals surface area contributed by atoms with Crippen molar-refractivity contribution in [1.82, 2.24) is 15.5 Å². The van der Waals surface area contributed by atoms with Crippen LogP contribution in [0.25, 0.3) is 0 Å². The Morgan fingerprint density at radius 1 is 1.33 bits per heavy atom. The lowest BCUT2D eigenvalue weighted by atomic mass is 9.96. The van der Waals surface area contributed by atoms with E-state index in [0.29, 0.717) is 24.2 Å². The molecule has 0 saturated carbocycles. The Morgan fingerprint density at radius 3 is 2.76 bits per heavy atom. The number of hydrogen-bond acceptors (Lipinski definition) is 3. The third kappa shape index (κ3) is 3.89. The second-order valence-corrected chi connectivity index (χ2v) is 6.93. The van der Waals surface area contributed by atoms with Crippen LogP contribution in [0.1, 0.15) is 39.0 Å². The maximum atomic E-state index is 5.89. The van der Waals surface area contributed by atoms with E-state index in [9.17, 15) is 0 Å². The average molecular weight is 294 g/mol. The zero-order chi connectivity index (χ0) is 14.7. The zero-order valence-electron chi connectivity index (χ0n) is 13.5. The summed E-state index contributed by atoms with van der Waals surface area (Å²) in [4.78, 5) is 6.94. The highest BCUT2D eigenvalue weighted by Crippen LogP contribution is 2.34. The van der Waals surface area contributed by atoms with Crippen molar-refractivity contribution in [2.45, 2.75) is 57.3 Å². The van der Waals surface area contributed by atoms with E-state index in [0.717, 1.165) is 18.9 Å². The molecule has 5 nitrogen and oxygen atoms in total. The van der Waals surface area contributed by atoms with Gasteiger partial charge in [-0.1, -0.05) is 6.92 Å². The fourth-order valence-corrected chi connectivity index (χ4v) is 3.90. The van der Waals surface area contributed by atoms with Gasteiger partial charge in [0.25, 0.3) is 0 Å². The van der Waals surface area contributed by atoms with Crippen LogP contribution in [-0.4, -0.2) is 62.3 Å². The molecular formula is C16H30N4O. The lowest BCUT2D eigenvalue weighted by molar-refractivity contribution is 0.0992. The molecule has 3 saturated heterocycles. The Kier molecular flexibility index (Phi) is 5.01. The monoisotopic (exact) mass is 294 g/mol. The summed E-state index contributed by atoms with van der Waals surface area (Å²) in [6.45, 7) is 7.05. The first kappa shape index (κ1) is 15.1. The van der Waals surface area contributed by atoms with Crippen LogP contribution in [0.3, 0.4) is 0 Å². The zero-order valence-corrected chi connectivity index (χ0v) is 13.5. The van der Waals surface area contributed by atoms with Crippen LogP contribution < -0.4 is 10.6 Å². The number of nitrogens with one attached hydrogen (secondary N) is 2. The van der Waals surface area contributed by atoms with E-state index in [1.807, 2.05) is 7.05 Å². The standard InChI is InChI=1S/C16H30N4O/c1-12(11-20-7-3-4-8-20)10-18-16(17-2)19-14-9-13-5-6-15(14)21-13/h12-15H,3-11H2,1-2H3,(H2,17,18,19). The number of hydrogen-bond donors (Lipinski definition) is 2. The van der Waals surface area contributed by atoms with Crippen LogP contribution in [0.5, 0.6) is 0 Å². The summed E-state index contributed by atoms with van der Waals surface area (Å²) in [5.41, 5.74) is 0. The predicted molar refractivity (Wildman–Crippen MR) is 85.6 cm³/mol. The highest BCUT2D eigenvalue weighted by molar-refractivity contribution is 5.80. The summed E-state index contributed by atoms with van der Waals surface area (Å²) in [6.07, 6.45) is 7.19. The second-order valence-electron chi connectivity index (χ2n) is 6.93. The van der Waals surface area contributed by atoms with E-state index in [4.69, 9.17) is 4.74 Å². The smallest absolute Gasteiger partial charge is 0.191 e. The summed E-state index contributed by atoms with van der Waals surface area (Å²) < 4.78 is 5.89. The number of likely N-dealkylation sites (tertiary alicyclic amines) is 1. The number of aliphatic imine (C=N–C) groups is 1. The van der Waals surface area contributed by atoms with Crippen LogP contribution in [-0.2, 0) is 4.74 Å². The Bertz CT molecular complexity index is 367. The van der Waals surface area contributed by atoms with E-state index in [1.165, 1.54) is 45.3 Å². The first-order chi connectivity index (χ1) is 10.2. The molecule has 120 valence electrons. The molecule has 2 bridgehead atoms. The molecule has 21 heavy (non-hydrogen) atoms. The SMILES string of the molecule is CN=C(NCC(C)CN1CCCC1)NC1CC2CCC1O2. The van der Waals surface area contributed by atoms with E-state index in [1.54, 1.807) is 0 Å². The fraction of sp³-hybridized carbons (Fsp3) is 0.938. The van der Waals surface area contributed by atoms with Gasteiger partial charge in [-0.15, -0.1) is 0 Å². The highest BCUT2D eigenvalue weighted by Gasteiger charge is 2.41. The topological polar surface area (TPSA) is 48.9 Å². The van der Waals surface area contributed by atoms with Crippen molar-refractivity contribution >= 4 is 5.96 Å². The van der Waals surface area contributed by atoms with Crippen LogP contribution in [0, 0.1) is 5.92 Å². The molecule has 3 fully saturated rings. The van der Waals surface area contributed by atoms with Gasteiger partial charge in [0, 0.05) is 20.1 Å². The van der Waals surface area contributed by atoms with Crippen LogP contribution in [0.4, 0.5) is 0 Å². The number of fused-ring (bicyclic) bond motifs is 2. The highest BCUT2D eigenvalue weighted by atomic mass is 16.5. The molecule has 0 amide bonds. The van der Waals surface area contributed by atoms with Crippen molar-refractivity contribution in [2.24, 2.45) is 10.9 Å². The molecule has 3 aliphatic rings. The molecule has 3 rings (SSSR count). The van der Waals surface area contributed by atoms with Gasteiger partial charge in [-0.25, -0.2) is 0 Å². The lowest BCUT2D eigenvalue weighted by Gasteiger charge is -2.25. The normalized spacial score (nSPS) is 34.4. The van der Waals surface area contributed by atoms with Crippen molar-refractivity contribution in [3.8, 4) is 0 Å². The van der Waals surface area contributed by atoms with Crippen molar-refractivity contribution in [2.75, 3.05) is 33.2 Å². The summed E-state index contributed by atoms with van der Waals surface area (Å²) in [5, 5.41) is 7.03. The summed E-state index contributed by atoms with van der Waals surface area (Å²) >= 11 is 0. The third-order valence-corrected chi connectivity index (χ3v) is 5.04. The van der Waals surface area contributed by atoms with Gasteiger partial charge >= 0.3 is 0 Å². The van der Waals surface area contributed by atoms with Crippen LogP contribution >= 0.6 is 0 Å². The van der Waals surface area contributed by atoms with Gasteiger partial charge < -0.3 is 20.3 Å². The quantitative estimate of drug-likeness (QED) is 0.591. The van der Waals surface area contributed by atoms with Crippen LogP contribution in [0.15, 0.2) is 4.99 Å². The van der Waals surface area contributed by atoms with Gasteiger partial charge in [-0.3, -0.25) is 4.99 Å². The summed E-state index contributed by atoms with van der Waals surface area (Å²) in [7, 11) is 1.86. The molecule has 0 aliphatic carbocycles. The van der Waals surface area contributed by atoms with Crippen molar-refractivity contribution in [1.29, 1.82) is 0 Å². The van der Waals surface area contributed by atoms with Gasteiger partial charge in [-0.2, -0.15) is 0 Å². The molecule has 0 aromatic rings. The fourth-order valence-electron chi connectivity index (χ4n) is 3.90. The molecule has 4 unspecified atom stereocenters. The molecule has 0 aromatic heterocycles. The number of ether oxygens (including phenoxy) is 1. The molecule has 3 aliphatic heterocycles. The molecule has 2 N–H and O–H groups in total. The largest absolute Gasteiger partial charge is 0.373 e. The Labute approximate surface area is 128 Å².